The van der Waals surface area contributed by atoms with Crippen molar-refractivity contribution in [3.05, 3.63) is 29.9 Å². The molecule has 4 aliphatic carbocycles. The van der Waals surface area contributed by atoms with Gasteiger partial charge in [0.25, 0.3) is 0 Å². The van der Waals surface area contributed by atoms with E-state index in [-0.39, 0.29) is 10.8 Å². The van der Waals surface area contributed by atoms with Gasteiger partial charge in [0, 0.05) is 12.5 Å². The fourth-order valence-corrected chi connectivity index (χ4v) is 6.39. The normalized spacial score (nSPS) is 47.9. The van der Waals surface area contributed by atoms with Crippen LogP contribution in [-0.4, -0.2) is 11.7 Å². The molecule has 4 rings (SSSR count). The van der Waals surface area contributed by atoms with Crippen molar-refractivity contribution in [2.24, 2.45) is 34.5 Å². The number of fused-ring (bicyclic) bond motifs is 5. The molecule has 2 heteroatoms. The van der Waals surface area contributed by atoms with Crippen LogP contribution in [0.5, 0.6) is 0 Å². The van der Waals surface area contributed by atoms with Gasteiger partial charge in [0.05, 0.1) is 0 Å². The molecular formula is C21H26O2. The molecule has 0 amide bonds. The second-order valence-corrected chi connectivity index (χ2v) is 8.65. The molecule has 2 nitrogen and oxygen atoms in total. The highest BCUT2D eigenvalue weighted by Gasteiger charge is 2.57. The maximum atomic E-state index is 11.8. The summed E-state index contributed by atoms with van der Waals surface area (Å²) in [5.74, 6) is 4.68. The van der Waals surface area contributed by atoms with Gasteiger partial charge in [0.2, 0.25) is 0 Å². The van der Waals surface area contributed by atoms with E-state index in [1.54, 1.807) is 6.08 Å². The van der Waals surface area contributed by atoms with Crippen molar-refractivity contribution in [1.82, 2.24) is 0 Å². The number of rotatable bonds is 1. The van der Waals surface area contributed by atoms with Crippen LogP contribution in [0.25, 0.3) is 0 Å². The van der Waals surface area contributed by atoms with Crippen molar-refractivity contribution < 1.29 is 9.59 Å². The predicted octanol–water partition coefficient (Wildman–Crippen LogP) is 4.30. The summed E-state index contributed by atoms with van der Waals surface area (Å²) < 4.78 is 0. The first-order valence-corrected chi connectivity index (χ1v) is 9.13. The monoisotopic (exact) mass is 310 g/mol. The third-order valence-electron chi connectivity index (χ3n) is 7.86. The van der Waals surface area contributed by atoms with Gasteiger partial charge >= 0.3 is 0 Å². The van der Waals surface area contributed by atoms with E-state index >= 15 is 0 Å². The largest absolute Gasteiger partial charge is 0.295 e. The van der Waals surface area contributed by atoms with Crippen LogP contribution in [-0.2, 0) is 9.59 Å². The van der Waals surface area contributed by atoms with Crippen molar-refractivity contribution in [1.29, 1.82) is 0 Å². The first kappa shape index (κ1) is 15.1. The Morgan fingerprint density at radius 3 is 2.78 bits per heavy atom. The fraction of sp³-hybridized carbons (Fsp3) is 0.667. The van der Waals surface area contributed by atoms with Gasteiger partial charge in [-0.15, -0.1) is 0 Å². The molecule has 6 atom stereocenters. The van der Waals surface area contributed by atoms with Crippen LogP contribution in [0.15, 0.2) is 29.9 Å². The van der Waals surface area contributed by atoms with E-state index in [0.717, 1.165) is 12.8 Å². The zero-order valence-electron chi connectivity index (χ0n) is 14.2. The molecule has 23 heavy (non-hydrogen) atoms. The molecule has 122 valence electrons. The first-order chi connectivity index (χ1) is 11.0. The molecule has 0 heterocycles. The second-order valence-electron chi connectivity index (χ2n) is 8.65. The van der Waals surface area contributed by atoms with Gasteiger partial charge in [0.1, 0.15) is 5.94 Å². The SMILES string of the molecule is C[C@]12CC[C@H]3[C@@H](C=CC4=CC(=O)CC[C@@]43C)[C@@H]1CC[C@H]2C=C=O. The quantitative estimate of drug-likeness (QED) is 0.677. The van der Waals surface area contributed by atoms with Crippen LogP contribution in [0, 0.1) is 34.5 Å². The Bertz CT molecular complexity index is 651. The third kappa shape index (κ3) is 2.01. The molecule has 0 aromatic rings. The molecule has 0 radical (unpaired) electrons. The van der Waals surface area contributed by atoms with Crippen LogP contribution in [0.2, 0.25) is 0 Å². The first-order valence-electron chi connectivity index (χ1n) is 9.13. The average Bonchev–Trinajstić information content (AvgIpc) is 2.85. The highest BCUT2D eigenvalue weighted by molar-refractivity contribution is 5.92. The minimum atomic E-state index is 0.174. The highest BCUT2D eigenvalue weighted by Crippen LogP contribution is 2.65. The summed E-state index contributed by atoms with van der Waals surface area (Å²) in [6, 6.07) is 0. The van der Waals surface area contributed by atoms with Crippen LogP contribution < -0.4 is 0 Å². The van der Waals surface area contributed by atoms with Crippen molar-refractivity contribution in [2.75, 3.05) is 0 Å². The zero-order chi connectivity index (χ0) is 16.2. The summed E-state index contributed by atoms with van der Waals surface area (Å²) in [7, 11) is 0. The van der Waals surface area contributed by atoms with Crippen molar-refractivity contribution >= 4 is 11.7 Å². The number of ketones is 1. The van der Waals surface area contributed by atoms with Crippen LogP contribution in [0.4, 0.5) is 0 Å². The van der Waals surface area contributed by atoms with Gasteiger partial charge in [0.15, 0.2) is 5.78 Å². The standard InChI is InChI=1S/C21H26O2/c1-20-11-8-19-17(18(20)6-4-14(20)9-12-22)5-3-15-13-16(23)7-10-21(15,19)2/h3,5,9,13-14,17-19H,4,6-8,10-11H2,1-2H3/t14-,17-,18-,19-,20+,21-/m0/s1. The summed E-state index contributed by atoms with van der Waals surface area (Å²) in [5.41, 5.74) is 1.69. The topological polar surface area (TPSA) is 34.1 Å². The lowest BCUT2D eigenvalue weighted by atomic mass is 9.48. The summed E-state index contributed by atoms with van der Waals surface area (Å²) in [5, 5.41) is 0. The highest BCUT2D eigenvalue weighted by atomic mass is 16.1. The number of hydrogen-bond acceptors (Lipinski definition) is 2. The van der Waals surface area contributed by atoms with E-state index in [1.807, 2.05) is 6.08 Å². The van der Waals surface area contributed by atoms with E-state index in [0.29, 0.717) is 35.9 Å². The molecule has 0 spiro atoms. The minimum absolute atomic E-state index is 0.174. The Kier molecular flexibility index (Phi) is 3.32. The van der Waals surface area contributed by atoms with Crippen LogP contribution in [0.3, 0.4) is 0 Å². The summed E-state index contributed by atoms with van der Waals surface area (Å²) in [6.45, 7) is 4.78. The maximum Gasteiger partial charge on any atom is 0.156 e. The minimum Gasteiger partial charge on any atom is -0.295 e. The lowest BCUT2D eigenvalue weighted by Gasteiger charge is -2.55. The Morgan fingerprint density at radius 1 is 1.17 bits per heavy atom. The Balaban J connectivity index is 1.72. The molecule has 0 unspecified atom stereocenters. The maximum absolute atomic E-state index is 11.8. The van der Waals surface area contributed by atoms with Crippen molar-refractivity contribution in [2.45, 2.75) is 52.4 Å². The van der Waals surface area contributed by atoms with Crippen molar-refractivity contribution in [3.8, 4) is 0 Å². The molecular weight excluding hydrogens is 284 g/mol. The summed E-state index contributed by atoms with van der Waals surface area (Å²) >= 11 is 0. The molecule has 0 aromatic carbocycles. The summed E-state index contributed by atoms with van der Waals surface area (Å²) in [6.07, 6.45) is 14.8. The molecule has 4 aliphatic rings. The Labute approximate surface area is 138 Å². The lowest BCUT2D eigenvalue weighted by molar-refractivity contribution is -0.116. The predicted molar refractivity (Wildman–Crippen MR) is 90.4 cm³/mol. The van der Waals surface area contributed by atoms with Gasteiger partial charge < -0.3 is 0 Å². The zero-order valence-corrected chi connectivity index (χ0v) is 14.2. The number of carbonyl (C=O) groups excluding carboxylic acids is 2. The molecule has 0 saturated heterocycles. The second kappa shape index (κ2) is 5.05. The van der Waals surface area contributed by atoms with Gasteiger partial charge in [-0.05, 0) is 78.3 Å². The van der Waals surface area contributed by atoms with Crippen molar-refractivity contribution in [3.63, 3.8) is 0 Å². The smallest absolute Gasteiger partial charge is 0.156 e. The number of hydrogen-bond donors (Lipinski definition) is 0. The lowest BCUT2D eigenvalue weighted by Crippen LogP contribution is -2.48. The van der Waals surface area contributed by atoms with E-state index in [1.165, 1.54) is 24.8 Å². The number of allylic oxidation sites excluding steroid dienone is 5. The molecule has 2 fully saturated rings. The van der Waals surface area contributed by atoms with Crippen LogP contribution in [0.1, 0.15) is 52.4 Å². The third-order valence-corrected chi connectivity index (χ3v) is 7.86. The molecule has 0 bridgehead atoms. The Morgan fingerprint density at radius 2 is 2.00 bits per heavy atom. The number of carbonyl (C=O) groups is 1. The van der Waals surface area contributed by atoms with E-state index in [2.05, 4.69) is 31.9 Å². The molecule has 0 aliphatic heterocycles. The van der Waals surface area contributed by atoms with Gasteiger partial charge in [-0.25, -0.2) is 4.79 Å². The van der Waals surface area contributed by atoms with E-state index < -0.39 is 0 Å². The van der Waals surface area contributed by atoms with E-state index in [4.69, 9.17) is 0 Å². The average molecular weight is 310 g/mol. The van der Waals surface area contributed by atoms with E-state index in [9.17, 15) is 9.59 Å². The molecule has 0 aromatic heterocycles. The van der Waals surface area contributed by atoms with Gasteiger partial charge in [-0.3, -0.25) is 4.79 Å². The Hall–Kier alpha value is -1.40. The van der Waals surface area contributed by atoms with Crippen LogP contribution >= 0.6 is 0 Å². The molecule has 0 N–H and O–H groups in total. The van der Waals surface area contributed by atoms with Gasteiger partial charge in [-0.1, -0.05) is 26.0 Å². The van der Waals surface area contributed by atoms with Gasteiger partial charge in [-0.2, -0.15) is 0 Å². The molecule has 2 saturated carbocycles. The fourth-order valence-electron chi connectivity index (χ4n) is 6.39. The summed E-state index contributed by atoms with van der Waals surface area (Å²) in [4.78, 5) is 22.7.